The summed E-state index contributed by atoms with van der Waals surface area (Å²) in [5.41, 5.74) is 1.03. The zero-order valence-electron chi connectivity index (χ0n) is 15.3. The molecule has 3 rings (SSSR count). The highest BCUT2D eigenvalue weighted by Gasteiger charge is 2.45. The third-order valence-electron chi connectivity index (χ3n) is 4.82. The number of nitrogens with one attached hydrogen (secondary N) is 1. The molecule has 1 aliphatic rings. The lowest BCUT2D eigenvalue weighted by molar-refractivity contribution is 0.414. The molecule has 152 valence electrons. The van der Waals surface area contributed by atoms with Crippen molar-refractivity contribution in [2.45, 2.75) is 22.6 Å². The molecule has 0 amide bonds. The second-order valence-electron chi connectivity index (χ2n) is 6.77. The van der Waals surface area contributed by atoms with Gasteiger partial charge in [0, 0.05) is 11.1 Å². The first-order valence-electron chi connectivity index (χ1n) is 8.77. The lowest BCUT2D eigenvalue weighted by Gasteiger charge is -2.20. The molecule has 0 spiro atoms. The van der Waals surface area contributed by atoms with Gasteiger partial charge in [0.1, 0.15) is 5.75 Å². The molecule has 0 unspecified atom stereocenters. The molecule has 1 fully saturated rings. The Morgan fingerprint density at radius 3 is 2.32 bits per heavy atom. The summed E-state index contributed by atoms with van der Waals surface area (Å²) in [6.45, 7) is 0.469. The largest absolute Gasteiger partial charge is 0.497 e. The Balaban J connectivity index is 1.74. The minimum atomic E-state index is -3.80. The molecule has 1 aliphatic heterocycles. The van der Waals surface area contributed by atoms with E-state index in [1.165, 1.54) is 19.2 Å². The number of sulfone groups is 2. The number of hydrogen-bond acceptors (Lipinski definition) is 6. The van der Waals surface area contributed by atoms with Crippen molar-refractivity contribution in [1.82, 2.24) is 5.32 Å². The molecule has 2 atom stereocenters. The molecule has 0 bridgehead atoms. The maximum Gasteiger partial charge on any atom is 0.183 e. The van der Waals surface area contributed by atoms with Crippen molar-refractivity contribution in [2.24, 2.45) is 0 Å². The number of hydrogen-bond donors (Lipinski definition) is 1. The predicted octanol–water partition coefficient (Wildman–Crippen LogP) is 2.12. The maximum atomic E-state index is 13.0. The molecule has 0 radical (unpaired) electrons. The second-order valence-corrected chi connectivity index (χ2v) is 11.5. The molecule has 1 heterocycles. The number of ether oxygens (including phenoxy) is 1. The van der Waals surface area contributed by atoms with Crippen LogP contribution in [-0.2, 0) is 26.1 Å². The minimum Gasteiger partial charge on any atom is -0.497 e. The molecule has 0 aromatic heterocycles. The fourth-order valence-corrected chi connectivity index (χ4v) is 8.15. The first kappa shape index (κ1) is 21.1. The zero-order valence-corrected chi connectivity index (χ0v) is 17.7. The first-order valence-corrected chi connectivity index (χ1v) is 12.5. The van der Waals surface area contributed by atoms with Crippen LogP contribution >= 0.6 is 11.6 Å². The van der Waals surface area contributed by atoms with E-state index < -0.39 is 31.0 Å². The highest BCUT2D eigenvalue weighted by molar-refractivity contribution is 7.96. The Labute approximate surface area is 170 Å². The van der Waals surface area contributed by atoms with E-state index in [1.54, 1.807) is 24.3 Å². The van der Waals surface area contributed by atoms with Crippen LogP contribution in [0.15, 0.2) is 53.4 Å². The number of halogens is 1. The van der Waals surface area contributed by atoms with Crippen LogP contribution in [-0.4, -0.2) is 53.3 Å². The van der Waals surface area contributed by atoms with E-state index >= 15 is 0 Å². The monoisotopic (exact) mass is 443 g/mol. The van der Waals surface area contributed by atoms with E-state index in [2.05, 4.69) is 5.32 Å². The summed E-state index contributed by atoms with van der Waals surface area (Å²) in [5.74, 6) is -0.0242. The molecule has 2 aromatic rings. The van der Waals surface area contributed by atoms with Gasteiger partial charge in [0.05, 0.1) is 28.8 Å². The summed E-state index contributed by atoms with van der Waals surface area (Å²) in [6.07, 6.45) is 0.642. The molecule has 0 saturated carbocycles. The molecule has 6 nitrogen and oxygen atoms in total. The summed E-state index contributed by atoms with van der Waals surface area (Å²) in [4.78, 5) is 0.0971. The highest BCUT2D eigenvalue weighted by atomic mass is 35.5. The number of rotatable bonds is 7. The molecule has 28 heavy (non-hydrogen) atoms. The third kappa shape index (κ3) is 4.86. The smallest absolute Gasteiger partial charge is 0.183 e. The van der Waals surface area contributed by atoms with Crippen molar-refractivity contribution < 1.29 is 21.6 Å². The average molecular weight is 444 g/mol. The topological polar surface area (TPSA) is 89.5 Å². The van der Waals surface area contributed by atoms with E-state index in [-0.39, 0.29) is 16.4 Å². The zero-order chi connectivity index (χ0) is 20.4. The van der Waals surface area contributed by atoms with Crippen LogP contribution in [0.5, 0.6) is 5.75 Å². The molecule has 2 aromatic carbocycles. The summed E-state index contributed by atoms with van der Waals surface area (Å²) in [6, 6.07) is 12.7. The van der Waals surface area contributed by atoms with E-state index in [1.807, 2.05) is 12.1 Å². The normalized spacial score (nSPS) is 21.5. The lowest BCUT2D eigenvalue weighted by atomic mass is 10.1. The van der Waals surface area contributed by atoms with Crippen LogP contribution in [0.3, 0.4) is 0 Å². The van der Waals surface area contributed by atoms with Gasteiger partial charge in [-0.15, -0.1) is 0 Å². The molecule has 9 heteroatoms. The van der Waals surface area contributed by atoms with Crippen molar-refractivity contribution >= 4 is 31.3 Å². The van der Waals surface area contributed by atoms with Crippen molar-refractivity contribution in [3.8, 4) is 5.75 Å². The van der Waals surface area contributed by atoms with Gasteiger partial charge in [0.2, 0.25) is 0 Å². The molecule has 1 saturated heterocycles. The first-order chi connectivity index (χ1) is 13.2. The van der Waals surface area contributed by atoms with Gasteiger partial charge in [0.25, 0.3) is 0 Å². The Hall–Kier alpha value is -1.61. The second kappa shape index (κ2) is 8.41. The fourth-order valence-electron chi connectivity index (χ4n) is 3.30. The Bertz CT molecular complexity index is 1020. The van der Waals surface area contributed by atoms with E-state index in [0.717, 1.165) is 5.56 Å². The quantitative estimate of drug-likeness (QED) is 0.705. The van der Waals surface area contributed by atoms with Gasteiger partial charge in [-0.2, -0.15) is 0 Å². The van der Waals surface area contributed by atoms with Crippen molar-refractivity contribution in [3.05, 3.63) is 59.1 Å². The van der Waals surface area contributed by atoms with E-state index in [9.17, 15) is 16.8 Å². The fraction of sp³-hybridized carbons (Fsp3) is 0.368. The Morgan fingerprint density at radius 2 is 1.71 bits per heavy atom. The predicted molar refractivity (Wildman–Crippen MR) is 110 cm³/mol. The van der Waals surface area contributed by atoms with Gasteiger partial charge in [-0.05, 0) is 54.9 Å². The van der Waals surface area contributed by atoms with Crippen LogP contribution in [0.4, 0.5) is 0 Å². The standard InChI is InChI=1S/C19H22ClNO5S2/c1-26-16-6-8-17(9-7-16)28(24,25)19-13-27(22,23)12-18(19)21-11-10-14-2-4-15(20)5-3-14/h2-9,18-19,21H,10-13H2,1H3/t18-,19-/m1/s1. The maximum absolute atomic E-state index is 13.0. The average Bonchev–Trinajstić information content (AvgIpc) is 2.99. The van der Waals surface area contributed by atoms with E-state index in [4.69, 9.17) is 16.3 Å². The minimum absolute atomic E-state index is 0.0971. The molecule has 0 aliphatic carbocycles. The van der Waals surface area contributed by atoms with Crippen molar-refractivity contribution in [1.29, 1.82) is 0 Å². The van der Waals surface area contributed by atoms with Gasteiger partial charge in [-0.25, -0.2) is 16.8 Å². The van der Waals surface area contributed by atoms with Crippen LogP contribution in [0.25, 0.3) is 0 Å². The Morgan fingerprint density at radius 1 is 1.07 bits per heavy atom. The molecular weight excluding hydrogens is 422 g/mol. The van der Waals surface area contributed by atoms with Crippen molar-refractivity contribution in [3.63, 3.8) is 0 Å². The van der Waals surface area contributed by atoms with Crippen LogP contribution in [0, 0.1) is 0 Å². The van der Waals surface area contributed by atoms with Gasteiger partial charge >= 0.3 is 0 Å². The van der Waals surface area contributed by atoms with Crippen LogP contribution in [0.2, 0.25) is 5.02 Å². The van der Waals surface area contributed by atoms with Gasteiger partial charge in [-0.3, -0.25) is 0 Å². The van der Waals surface area contributed by atoms with Crippen LogP contribution < -0.4 is 10.1 Å². The van der Waals surface area contributed by atoms with E-state index in [0.29, 0.717) is 23.7 Å². The van der Waals surface area contributed by atoms with Gasteiger partial charge in [0.15, 0.2) is 19.7 Å². The lowest BCUT2D eigenvalue weighted by Crippen LogP contribution is -2.44. The molecular formula is C19H22ClNO5S2. The molecule has 1 N–H and O–H groups in total. The van der Waals surface area contributed by atoms with Crippen molar-refractivity contribution in [2.75, 3.05) is 25.2 Å². The highest BCUT2D eigenvalue weighted by Crippen LogP contribution is 2.27. The van der Waals surface area contributed by atoms with Crippen LogP contribution in [0.1, 0.15) is 5.56 Å². The van der Waals surface area contributed by atoms with Gasteiger partial charge in [-0.1, -0.05) is 23.7 Å². The SMILES string of the molecule is COc1ccc(S(=O)(=O)[C@@H]2CS(=O)(=O)C[C@H]2NCCc2ccc(Cl)cc2)cc1. The number of methoxy groups -OCH3 is 1. The Kier molecular flexibility index (Phi) is 6.34. The summed E-state index contributed by atoms with van der Waals surface area (Å²) >= 11 is 5.87. The third-order valence-corrected chi connectivity index (χ3v) is 9.24. The van der Waals surface area contributed by atoms with Gasteiger partial charge < -0.3 is 10.1 Å². The summed E-state index contributed by atoms with van der Waals surface area (Å²) in [5, 5.41) is 2.76. The summed E-state index contributed by atoms with van der Waals surface area (Å²) in [7, 11) is -5.74. The number of benzene rings is 2. The summed E-state index contributed by atoms with van der Waals surface area (Å²) < 4.78 is 55.5.